The molecular formula is C18H20FN5O2S. The summed E-state index contributed by atoms with van der Waals surface area (Å²) in [5, 5.41) is 8.28. The molecule has 0 spiro atoms. The molecule has 1 saturated heterocycles. The Morgan fingerprint density at radius 1 is 1.30 bits per heavy atom. The maximum absolute atomic E-state index is 13.3. The Bertz CT molecular complexity index is 982. The van der Waals surface area contributed by atoms with Crippen molar-refractivity contribution in [2.75, 3.05) is 38.2 Å². The van der Waals surface area contributed by atoms with Gasteiger partial charge in [0.2, 0.25) is 10.1 Å². The van der Waals surface area contributed by atoms with Crippen molar-refractivity contribution in [3.8, 4) is 0 Å². The van der Waals surface area contributed by atoms with E-state index in [4.69, 9.17) is 4.74 Å². The number of morpholine rings is 1. The number of aryl methyl sites for hydroxylation is 1. The lowest BCUT2D eigenvalue weighted by atomic mass is 10.0. The zero-order valence-electron chi connectivity index (χ0n) is 14.9. The first-order valence-corrected chi connectivity index (χ1v) is 9.60. The van der Waals surface area contributed by atoms with Crippen LogP contribution in [-0.2, 0) is 4.74 Å². The maximum atomic E-state index is 13.3. The second-order valence-electron chi connectivity index (χ2n) is 6.43. The van der Waals surface area contributed by atoms with Crippen LogP contribution < -0.4 is 10.9 Å². The number of halogens is 1. The number of rotatable bonds is 5. The van der Waals surface area contributed by atoms with Crippen molar-refractivity contribution in [1.29, 1.82) is 0 Å². The monoisotopic (exact) mass is 389 g/mol. The second-order valence-corrected chi connectivity index (χ2v) is 7.39. The molecule has 27 heavy (non-hydrogen) atoms. The maximum Gasteiger partial charge on any atom is 0.275 e. The van der Waals surface area contributed by atoms with Crippen molar-refractivity contribution >= 4 is 21.4 Å². The van der Waals surface area contributed by atoms with Crippen LogP contribution in [0.5, 0.6) is 0 Å². The minimum atomic E-state index is -0.251. The molecule has 0 aliphatic carbocycles. The summed E-state index contributed by atoms with van der Waals surface area (Å²) in [6, 6.07) is 8.09. The Morgan fingerprint density at radius 2 is 2.04 bits per heavy atom. The summed E-state index contributed by atoms with van der Waals surface area (Å²) in [6.07, 6.45) is 0. The Kier molecular flexibility index (Phi) is 5.15. The molecule has 142 valence electrons. The third kappa shape index (κ3) is 4.00. The van der Waals surface area contributed by atoms with E-state index in [9.17, 15) is 9.18 Å². The van der Waals surface area contributed by atoms with Gasteiger partial charge < -0.3 is 10.1 Å². The van der Waals surface area contributed by atoms with Gasteiger partial charge in [0.1, 0.15) is 5.82 Å². The Hall–Kier alpha value is -2.36. The van der Waals surface area contributed by atoms with Crippen LogP contribution in [0.25, 0.3) is 4.96 Å². The lowest BCUT2D eigenvalue weighted by Crippen LogP contribution is -2.41. The molecule has 2 aromatic heterocycles. The number of aromatic nitrogens is 3. The van der Waals surface area contributed by atoms with Gasteiger partial charge >= 0.3 is 0 Å². The molecular weight excluding hydrogens is 369 g/mol. The molecule has 1 aliphatic rings. The number of benzene rings is 1. The molecule has 0 saturated carbocycles. The third-order valence-electron chi connectivity index (χ3n) is 4.56. The highest BCUT2D eigenvalue weighted by Crippen LogP contribution is 2.24. The summed E-state index contributed by atoms with van der Waals surface area (Å²) in [5.74, 6) is -0.251. The van der Waals surface area contributed by atoms with Crippen LogP contribution in [0, 0.1) is 12.7 Å². The number of hydrogen-bond acceptors (Lipinski definition) is 7. The molecule has 7 nitrogen and oxygen atoms in total. The van der Waals surface area contributed by atoms with Crippen molar-refractivity contribution in [2.45, 2.75) is 13.0 Å². The predicted octanol–water partition coefficient (Wildman–Crippen LogP) is 2.08. The zero-order valence-corrected chi connectivity index (χ0v) is 15.7. The van der Waals surface area contributed by atoms with E-state index in [0.717, 1.165) is 18.7 Å². The van der Waals surface area contributed by atoms with Gasteiger partial charge in [-0.1, -0.05) is 23.5 Å². The largest absolute Gasteiger partial charge is 0.379 e. The van der Waals surface area contributed by atoms with E-state index >= 15 is 0 Å². The van der Waals surface area contributed by atoms with Gasteiger partial charge in [-0.2, -0.15) is 4.52 Å². The molecule has 1 aliphatic heterocycles. The molecule has 0 amide bonds. The van der Waals surface area contributed by atoms with Crippen LogP contribution in [0.2, 0.25) is 0 Å². The lowest BCUT2D eigenvalue weighted by Gasteiger charge is -2.34. The molecule has 9 heteroatoms. The van der Waals surface area contributed by atoms with Crippen LogP contribution in [0.4, 0.5) is 9.52 Å². The Morgan fingerprint density at radius 3 is 2.78 bits per heavy atom. The first kappa shape index (κ1) is 18.0. The molecule has 4 rings (SSSR count). The van der Waals surface area contributed by atoms with Gasteiger partial charge in [-0.25, -0.2) is 9.37 Å². The number of nitrogens with one attached hydrogen (secondary N) is 1. The number of nitrogens with zero attached hydrogens (tertiary/aromatic N) is 4. The highest BCUT2D eigenvalue weighted by Gasteiger charge is 2.23. The summed E-state index contributed by atoms with van der Waals surface area (Å²) < 4.78 is 20.1. The third-order valence-corrected chi connectivity index (χ3v) is 5.43. The van der Waals surface area contributed by atoms with Gasteiger partial charge in [-0.05, 0) is 24.6 Å². The molecule has 3 aromatic rings. The average molecular weight is 389 g/mol. The minimum Gasteiger partial charge on any atom is -0.379 e. The van der Waals surface area contributed by atoms with Gasteiger partial charge in [-0.3, -0.25) is 9.69 Å². The van der Waals surface area contributed by atoms with Gasteiger partial charge in [-0.15, -0.1) is 5.10 Å². The lowest BCUT2D eigenvalue weighted by molar-refractivity contribution is 0.0187. The number of hydrogen-bond donors (Lipinski definition) is 1. The fourth-order valence-corrected chi connectivity index (χ4v) is 4.07. The highest BCUT2D eigenvalue weighted by molar-refractivity contribution is 7.20. The Labute approximate surface area is 159 Å². The van der Waals surface area contributed by atoms with Gasteiger partial charge in [0.25, 0.3) is 5.56 Å². The fourth-order valence-electron chi connectivity index (χ4n) is 3.21. The van der Waals surface area contributed by atoms with Crippen LogP contribution >= 0.6 is 11.3 Å². The molecule has 1 N–H and O–H groups in total. The first-order chi connectivity index (χ1) is 13.1. The van der Waals surface area contributed by atoms with Crippen molar-refractivity contribution in [3.63, 3.8) is 0 Å². The van der Waals surface area contributed by atoms with Crippen molar-refractivity contribution in [1.82, 2.24) is 19.5 Å². The second kappa shape index (κ2) is 7.71. The van der Waals surface area contributed by atoms with E-state index in [0.29, 0.717) is 35.5 Å². The smallest absolute Gasteiger partial charge is 0.275 e. The zero-order chi connectivity index (χ0) is 18.8. The van der Waals surface area contributed by atoms with Gasteiger partial charge in [0.15, 0.2) is 0 Å². The van der Waals surface area contributed by atoms with Crippen LogP contribution in [0.1, 0.15) is 17.3 Å². The van der Waals surface area contributed by atoms with Gasteiger partial charge in [0, 0.05) is 31.4 Å². The van der Waals surface area contributed by atoms with E-state index in [2.05, 4.69) is 20.3 Å². The molecule has 1 atom stereocenters. The minimum absolute atomic E-state index is 0.0490. The van der Waals surface area contributed by atoms with E-state index in [1.54, 1.807) is 6.92 Å². The molecule has 0 bridgehead atoms. The summed E-state index contributed by atoms with van der Waals surface area (Å²) in [5.41, 5.74) is 1.51. The van der Waals surface area contributed by atoms with Gasteiger partial charge in [0.05, 0.1) is 19.3 Å². The van der Waals surface area contributed by atoms with Crippen molar-refractivity contribution < 1.29 is 9.13 Å². The fraction of sp³-hybridized carbons (Fsp3) is 0.389. The molecule has 3 heterocycles. The summed E-state index contributed by atoms with van der Waals surface area (Å²) in [7, 11) is 0. The van der Waals surface area contributed by atoms with Crippen LogP contribution in [0.3, 0.4) is 0 Å². The highest BCUT2D eigenvalue weighted by atomic mass is 32.1. The first-order valence-electron chi connectivity index (χ1n) is 8.79. The molecule has 1 aromatic carbocycles. The van der Waals surface area contributed by atoms with E-state index in [-0.39, 0.29) is 17.4 Å². The van der Waals surface area contributed by atoms with Crippen LogP contribution in [-0.4, -0.2) is 52.3 Å². The normalized spacial score (nSPS) is 16.5. The number of anilines is 1. The number of fused-ring (bicyclic) bond motifs is 1. The molecule has 0 unspecified atom stereocenters. The Balaban J connectivity index is 1.57. The topological polar surface area (TPSA) is 71.8 Å². The SMILES string of the molecule is Cc1cc(=O)n2nc(NC[C@@H](c3ccc(F)cc3)N3CCOCC3)sc2n1. The van der Waals surface area contributed by atoms with E-state index in [1.807, 2.05) is 12.1 Å². The number of ether oxygens (including phenoxy) is 1. The van der Waals surface area contributed by atoms with E-state index in [1.165, 1.54) is 34.1 Å². The predicted molar refractivity (Wildman–Crippen MR) is 102 cm³/mol. The standard InChI is InChI=1S/C18H20FN5O2S/c1-12-10-16(25)24-18(21-12)27-17(22-24)20-11-15(23-6-8-26-9-7-23)13-2-4-14(19)5-3-13/h2-5,10,15H,6-9,11H2,1H3,(H,20,22)/t15-/m0/s1. The van der Waals surface area contributed by atoms with Crippen LogP contribution in [0.15, 0.2) is 35.1 Å². The van der Waals surface area contributed by atoms with Crippen molar-refractivity contribution in [2.24, 2.45) is 0 Å². The average Bonchev–Trinajstić information content (AvgIpc) is 3.07. The molecule has 0 radical (unpaired) electrons. The summed E-state index contributed by atoms with van der Waals surface area (Å²) in [6.45, 7) is 5.35. The quantitative estimate of drug-likeness (QED) is 0.721. The summed E-state index contributed by atoms with van der Waals surface area (Å²) >= 11 is 1.34. The molecule has 1 fully saturated rings. The summed E-state index contributed by atoms with van der Waals surface area (Å²) in [4.78, 5) is 19.3. The van der Waals surface area contributed by atoms with E-state index < -0.39 is 0 Å². The van der Waals surface area contributed by atoms with Crippen molar-refractivity contribution in [3.05, 3.63) is 57.8 Å².